The predicted octanol–water partition coefficient (Wildman–Crippen LogP) is 16.5. The van der Waals surface area contributed by atoms with Crippen LogP contribution in [0.2, 0.25) is 0 Å². The van der Waals surface area contributed by atoms with Crippen LogP contribution in [0, 0.1) is 0 Å². The average Bonchev–Trinajstić information content (AvgIpc) is 3.29. The Labute approximate surface area is 391 Å². The number of carbonyl (C=O) groups excluding carboxylic acids is 3. The average molecular weight is 881 g/mol. The molecule has 0 aliphatic heterocycles. The van der Waals surface area contributed by atoms with Crippen molar-refractivity contribution in [2.75, 3.05) is 13.2 Å². The van der Waals surface area contributed by atoms with E-state index in [1.807, 2.05) is 109 Å². The lowest BCUT2D eigenvalue weighted by Gasteiger charge is -2.18. The molecule has 0 saturated heterocycles. The minimum atomic E-state index is -0.827. The second kappa shape index (κ2) is 50.9. The molecule has 0 radical (unpaired) electrons. The van der Waals surface area contributed by atoms with Crippen molar-refractivity contribution in [3.05, 3.63) is 146 Å². The molecule has 0 fully saturated rings. The molecule has 6 heteroatoms. The number of ether oxygens (including phenoxy) is 3. The third kappa shape index (κ3) is 48.3. The highest BCUT2D eigenvalue weighted by atomic mass is 16.6. The molecular weight excluding hydrogens is 793 g/mol. The third-order valence-corrected chi connectivity index (χ3v) is 9.85. The lowest BCUT2D eigenvalue weighted by molar-refractivity contribution is -0.167. The van der Waals surface area contributed by atoms with E-state index in [1.54, 1.807) is 0 Å². The van der Waals surface area contributed by atoms with E-state index in [1.165, 1.54) is 44.9 Å². The van der Waals surface area contributed by atoms with Gasteiger partial charge in [0.2, 0.25) is 0 Å². The van der Waals surface area contributed by atoms with E-state index >= 15 is 0 Å². The monoisotopic (exact) mass is 881 g/mol. The van der Waals surface area contributed by atoms with Crippen LogP contribution in [-0.2, 0) is 28.6 Å². The van der Waals surface area contributed by atoms with Crippen molar-refractivity contribution >= 4 is 17.9 Å². The van der Waals surface area contributed by atoms with Gasteiger partial charge in [0.05, 0.1) is 0 Å². The van der Waals surface area contributed by atoms with Gasteiger partial charge in [0.25, 0.3) is 0 Å². The first kappa shape index (κ1) is 59.3. The topological polar surface area (TPSA) is 78.9 Å². The fourth-order valence-electron chi connectivity index (χ4n) is 6.13. The zero-order valence-corrected chi connectivity index (χ0v) is 40.5. The van der Waals surface area contributed by atoms with Gasteiger partial charge >= 0.3 is 17.9 Å². The van der Waals surface area contributed by atoms with Crippen molar-refractivity contribution in [3.8, 4) is 0 Å². The number of unbranched alkanes of at least 4 members (excludes halogenated alkanes) is 16. The Morgan fingerprint density at radius 3 is 1.00 bits per heavy atom. The Bertz CT molecular complexity index is 1480. The van der Waals surface area contributed by atoms with Gasteiger partial charge in [0.1, 0.15) is 13.2 Å². The summed E-state index contributed by atoms with van der Waals surface area (Å²) in [5.41, 5.74) is 0. The van der Waals surface area contributed by atoms with Crippen LogP contribution in [0.25, 0.3) is 0 Å². The molecule has 64 heavy (non-hydrogen) atoms. The molecule has 0 aromatic rings. The standard InChI is InChI=1S/C58H88O6/c1-4-7-10-13-16-19-22-25-27-28-29-30-31-34-36-39-42-45-48-51-57(60)63-54-55(53-62-56(59)50-47-44-41-38-35-32-24-21-18-15-12-9-6-3)64-58(61)52-49-46-43-40-37-33-26-23-20-17-14-11-8-5-2/h7,9-10,12-13,15-16,18-19,21-22,24-25,27-37,55H,4-6,8,11,14,17,20,23,26,38-54H2,1-3H3/b10-7+,12-9+,16-13+,18-15+,22-19+,24-21+,27-25+,29-28+,31-30+,35-32+,36-34+,37-33+. The maximum absolute atomic E-state index is 12.8. The molecule has 0 amide bonds. The van der Waals surface area contributed by atoms with Crippen molar-refractivity contribution in [2.24, 2.45) is 0 Å². The van der Waals surface area contributed by atoms with Gasteiger partial charge in [0.15, 0.2) is 6.10 Å². The summed E-state index contributed by atoms with van der Waals surface area (Å²) < 4.78 is 16.7. The smallest absolute Gasteiger partial charge is 0.306 e. The van der Waals surface area contributed by atoms with E-state index in [0.717, 1.165) is 89.9 Å². The first-order valence-corrected chi connectivity index (χ1v) is 25.0. The normalized spacial score (nSPS) is 13.4. The molecule has 1 unspecified atom stereocenters. The van der Waals surface area contributed by atoms with E-state index in [4.69, 9.17) is 14.2 Å². The summed E-state index contributed by atoms with van der Waals surface area (Å²) in [5, 5.41) is 0. The molecule has 0 spiro atoms. The first-order valence-electron chi connectivity index (χ1n) is 25.0. The van der Waals surface area contributed by atoms with Crippen LogP contribution in [0.4, 0.5) is 0 Å². The lowest BCUT2D eigenvalue weighted by atomic mass is 10.1. The zero-order valence-electron chi connectivity index (χ0n) is 40.5. The largest absolute Gasteiger partial charge is 0.462 e. The summed E-state index contributed by atoms with van der Waals surface area (Å²) in [5.74, 6) is -1.04. The third-order valence-electron chi connectivity index (χ3n) is 9.85. The highest BCUT2D eigenvalue weighted by Gasteiger charge is 2.19. The summed E-state index contributed by atoms with van der Waals surface area (Å²) in [4.78, 5) is 37.9. The zero-order chi connectivity index (χ0) is 46.5. The van der Waals surface area contributed by atoms with Gasteiger partial charge < -0.3 is 14.2 Å². The molecule has 0 rings (SSSR count). The van der Waals surface area contributed by atoms with Gasteiger partial charge in [-0.1, -0.05) is 224 Å². The number of carbonyl (C=O) groups is 3. The van der Waals surface area contributed by atoms with E-state index in [0.29, 0.717) is 12.8 Å². The van der Waals surface area contributed by atoms with Crippen LogP contribution in [-0.4, -0.2) is 37.2 Å². The summed E-state index contributed by atoms with van der Waals surface area (Å²) in [6.45, 7) is 6.23. The minimum absolute atomic E-state index is 0.126. The highest BCUT2D eigenvalue weighted by molar-refractivity contribution is 5.71. The van der Waals surface area contributed by atoms with Crippen molar-refractivity contribution < 1.29 is 28.6 Å². The van der Waals surface area contributed by atoms with Gasteiger partial charge in [-0.05, 0) is 83.5 Å². The molecule has 0 aromatic carbocycles. The van der Waals surface area contributed by atoms with Crippen molar-refractivity contribution in [2.45, 2.75) is 187 Å². The van der Waals surface area contributed by atoms with Crippen LogP contribution < -0.4 is 0 Å². The fraction of sp³-hybridized carbons (Fsp3) is 0.534. The van der Waals surface area contributed by atoms with E-state index in [9.17, 15) is 14.4 Å². The van der Waals surface area contributed by atoms with Crippen molar-refractivity contribution in [1.82, 2.24) is 0 Å². The maximum atomic E-state index is 12.8. The van der Waals surface area contributed by atoms with Gasteiger partial charge in [-0.2, -0.15) is 0 Å². The fourth-order valence-corrected chi connectivity index (χ4v) is 6.13. The van der Waals surface area contributed by atoms with Gasteiger partial charge in [-0.25, -0.2) is 0 Å². The molecule has 0 aromatic heterocycles. The second-order valence-electron chi connectivity index (χ2n) is 15.9. The Hall–Kier alpha value is -4.71. The molecule has 0 aliphatic rings. The molecular formula is C58H88O6. The van der Waals surface area contributed by atoms with Gasteiger partial charge in [-0.3, -0.25) is 14.4 Å². The van der Waals surface area contributed by atoms with Crippen LogP contribution in [0.3, 0.4) is 0 Å². The van der Waals surface area contributed by atoms with Crippen LogP contribution >= 0.6 is 0 Å². The first-order chi connectivity index (χ1) is 31.5. The molecule has 0 aliphatic carbocycles. The molecule has 0 bridgehead atoms. The number of rotatable bonds is 42. The second-order valence-corrected chi connectivity index (χ2v) is 15.9. The van der Waals surface area contributed by atoms with Crippen molar-refractivity contribution in [3.63, 3.8) is 0 Å². The van der Waals surface area contributed by atoms with Crippen LogP contribution in [0.15, 0.2) is 146 Å². The van der Waals surface area contributed by atoms with Gasteiger partial charge in [0, 0.05) is 19.3 Å². The number of hydrogen-bond acceptors (Lipinski definition) is 6. The predicted molar refractivity (Wildman–Crippen MR) is 274 cm³/mol. The maximum Gasteiger partial charge on any atom is 0.306 e. The van der Waals surface area contributed by atoms with Crippen molar-refractivity contribution in [1.29, 1.82) is 0 Å². The van der Waals surface area contributed by atoms with Gasteiger partial charge in [-0.15, -0.1) is 0 Å². The number of esters is 3. The molecule has 356 valence electrons. The molecule has 0 N–H and O–H groups in total. The summed E-state index contributed by atoms with van der Waals surface area (Å²) in [6, 6.07) is 0. The quantitative estimate of drug-likeness (QED) is 0.0200. The lowest BCUT2D eigenvalue weighted by Crippen LogP contribution is -2.30. The number of hydrogen-bond donors (Lipinski definition) is 0. The van der Waals surface area contributed by atoms with E-state index < -0.39 is 6.10 Å². The Morgan fingerprint density at radius 2 is 0.625 bits per heavy atom. The highest BCUT2D eigenvalue weighted by Crippen LogP contribution is 2.12. The van der Waals surface area contributed by atoms with E-state index in [-0.39, 0.29) is 44.0 Å². The number of allylic oxidation sites excluding steroid dienone is 24. The summed E-state index contributed by atoms with van der Waals surface area (Å²) in [6.07, 6.45) is 72.5. The Balaban J connectivity index is 4.60. The Kier molecular flexibility index (Phi) is 47.2. The summed E-state index contributed by atoms with van der Waals surface area (Å²) in [7, 11) is 0. The molecule has 0 saturated carbocycles. The summed E-state index contributed by atoms with van der Waals surface area (Å²) >= 11 is 0. The molecule has 6 nitrogen and oxygen atoms in total. The van der Waals surface area contributed by atoms with Crippen LogP contribution in [0.5, 0.6) is 0 Å². The minimum Gasteiger partial charge on any atom is -0.462 e. The molecule has 1 atom stereocenters. The molecule has 0 heterocycles. The Morgan fingerprint density at radius 1 is 0.328 bits per heavy atom. The van der Waals surface area contributed by atoms with Crippen LogP contribution in [0.1, 0.15) is 181 Å². The van der Waals surface area contributed by atoms with E-state index in [2.05, 4.69) is 57.2 Å². The SMILES string of the molecule is CC/C=C/C=C/C=C/C=C/C=C/C=C/C=C/CCCCCC(=O)OCC(COC(=O)CCCCC/C=C/C=C/C=C/C=C/CC)OC(=O)CCCCC/C=C/CCCCCCCCC.